The fourth-order valence-electron chi connectivity index (χ4n) is 9.04. The average Bonchev–Trinajstić information content (AvgIpc) is 3.77. The number of nitrogens with zero attached hydrogens (tertiary/aromatic N) is 5. The minimum atomic E-state index is -1.08. The molecule has 7 rings (SSSR count). The molecule has 3 heterocycles. The molecule has 0 radical (unpaired) electrons. The molecule has 13 heteroatoms. The van der Waals surface area contributed by atoms with Crippen molar-refractivity contribution in [2.45, 2.75) is 101 Å². The number of likely N-dealkylation sites (tertiary alicyclic amines) is 1. The van der Waals surface area contributed by atoms with Gasteiger partial charge in [-0.25, -0.2) is 13.2 Å². The molecule has 2 aliphatic carbocycles. The van der Waals surface area contributed by atoms with Gasteiger partial charge in [0.25, 0.3) is 0 Å². The van der Waals surface area contributed by atoms with E-state index in [0.717, 1.165) is 38.5 Å². The number of rotatable bonds is 10. The van der Waals surface area contributed by atoms with Crippen molar-refractivity contribution in [1.82, 2.24) is 24.8 Å². The minimum Gasteiger partial charge on any atom is -0.508 e. The van der Waals surface area contributed by atoms with Crippen LogP contribution in [0, 0.1) is 24.0 Å². The van der Waals surface area contributed by atoms with E-state index in [0.29, 0.717) is 18.2 Å². The maximum absolute atomic E-state index is 17.0. The predicted molar refractivity (Wildman–Crippen MR) is 205 cm³/mol. The Hall–Kier alpha value is -4.93. The number of benzene rings is 2. The number of phenolic OH excluding ortho intramolecular Hbond substituents is 1. The third-order valence-corrected chi connectivity index (χ3v) is 12.2. The molecule has 2 saturated carbocycles. The monoisotopic (exact) mass is 756 g/mol. The first-order valence-electron chi connectivity index (χ1n) is 18.9. The number of hydrogen-bond acceptors (Lipinski definition) is 9. The Morgan fingerprint density at radius 1 is 1.18 bits per heavy atom. The number of aromatic hydroxyl groups is 1. The molecule has 290 valence electrons. The maximum atomic E-state index is 17.0. The number of aliphatic hydroxyl groups is 1. The van der Waals surface area contributed by atoms with Gasteiger partial charge < -0.3 is 25.2 Å². The summed E-state index contributed by atoms with van der Waals surface area (Å²) in [6.45, 7) is 7.95. The van der Waals surface area contributed by atoms with Gasteiger partial charge in [0.1, 0.15) is 41.4 Å². The summed E-state index contributed by atoms with van der Waals surface area (Å²) < 4.78 is 53.4. The molecule has 4 aromatic rings. The molecule has 2 atom stereocenters. The van der Waals surface area contributed by atoms with E-state index in [1.54, 1.807) is 11.9 Å². The van der Waals surface area contributed by atoms with Crippen molar-refractivity contribution >= 4 is 33.4 Å². The van der Waals surface area contributed by atoms with Crippen LogP contribution in [-0.2, 0) is 4.79 Å². The number of anilines is 1. The molecule has 10 nitrogen and oxygen atoms in total. The van der Waals surface area contributed by atoms with Gasteiger partial charge in [-0.2, -0.15) is 9.97 Å². The quantitative estimate of drug-likeness (QED) is 0.115. The van der Waals surface area contributed by atoms with Crippen LogP contribution in [-0.4, -0.2) is 96.5 Å². The van der Waals surface area contributed by atoms with Crippen LogP contribution in [0.25, 0.3) is 32.9 Å². The summed E-state index contributed by atoms with van der Waals surface area (Å²) in [5, 5.41) is 25.4. The summed E-state index contributed by atoms with van der Waals surface area (Å²) >= 11 is 0. The highest BCUT2D eigenvalue weighted by Gasteiger charge is 2.48. The first kappa shape index (κ1) is 38.3. The Labute approximate surface area is 318 Å². The molecule has 0 unspecified atom stereocenters. The second kappa shape index (κ2) is 14.6. The predicted octanol–water partition coefficient (Wildman–Crippen LogP) is 7.05. The van der Waals surface area contributed by atoms with Crippen LogP contribution in [0.2, 0.25) is 0 Å². The van der Waals surface area contributed by atoms with E-state index in [9.17, 15) is 19.4 Å². The van der Waals surface area contributed by atoms with Gasteiger partial charge in [-0.05, 0) is 82.0 Å². The van der Waals surface area contributed by atoms with Gasteiger partial charge in [-0.1, -0.05) is 31.4 Å². The van der Waals surface area contributed by atoms with Crippen LogP contribution in [0.15, 0.2) is 43.1 Å². The van der Waals surface area contributed by atoms with Crippen LogP contribution in [0.4, 0.5) is 19.0 Å². The number of carbonyl (C=O) groups is 1. The number of likely N-dealkylation sites (N-methyl/N-ethyl adjacent to an activating group) is 1. The topological polar surface area (TPSA) is 124 Å². The Morgan fingerprint density at radius 2 is 1.91 bits per heavy atom. The number of pyridine rings is 1. The van der Waals surface area contributed by atoms with Gasteiger partial charge >= 0.3 is 6.01 Å². The van der Waals surface area contributed by atoms with Gasteiger partial charge in [0.2, 0.25) is 5.91 Å². The van der Waals surface area contributed by atoms with Gasteiger partial charge in [-0.3, -0.25) is 14.7 Å². The molecule has 1 saturated heterocycles. The Bertz CT molecular complexity index is 2190. The van der Waals surface area contributed by atoms with Crippen molar-refractivity contribution in [3.05, 3.63) is 60.3 Å². The average molecular weight is 757 g/mol. The number of alkyl halides is 1. The molecular weight excluding hydrogens is 709 g/mol. The number of terminal acetylenes is 1. The lowest BCUT2D eigenvalue weighted by molar-refractivity contribution is -0.129. The largest absolute Gasteiger partial charge is 0.508 e. The highest BCUT2D eigenvalue weighted by molar-refractivity contribution is 6.03. The number of nitrogens with one attached hydrogen (secondary N) is 1. The van der Waals surface area contributed by atoms with Crippen LogP contribution in [0.3, 0.4) is 0 Å². The number of ether oxygens (including phenoxy) is 1. The van der Waals surface area contributed by atoms with E-state index in [1.807, 2.05) is 13.8 Å². The van der Waals surface area contributed by atoms with Gasteiger partial charge in [-0.15, -0.1) is 6.42 Å². The first-order chi connectivity index (χ1) is 26.2. The number of phenols is 1. The number of hydrogen-bond donors (Lipinski definition) is 3. The standard InChI is InChI=1S/C42H47F3N6O4/c1-6-29-32(44)11-10-25-18-28(52)19-30(34(25)29)36-35(45)37-31(21-46-36)38(47-23-42(14-8-9-15-42)50(5)33(53)7-2)49-39(48-37)55-24-40(3)20-26(43)22-51(40)27-12-16-41(4,54)17-13-27/h1,7,10-11,18-19,21,26-27,52,54H,2,8-9,12-17,20,22-24H2,3-5H3,(H,47,48,49)/t26-,27?,40+,41?/m1/s1. The summed E-state index contributed by atoms with van der Waals surface area (Å²) in [6.07, 6.45) is 13.5. The van der Waals surface area contributed by atoms with Crippen molar-refractivity contribution in [3.8, 4) is 35.4 Å². The molecule has 0 spiro atoms. The summed E-state index contributed by atoms with van der Waals surface area (Å²) in [5.41, 5.74) is -2.47. The van der Waals surface area contributed by atoms with E-state index in [2.05, 4.69) is 32.7 Å². The second-order valence-corrected chi connectivity index (χ2v) is 16.0. The number of amides is 1. The van der Waals surface area contributed by atoms with Crippen molar-refractivity contribution in [2.24, 2.45) is 0 Å². The van der Waals surface area contributed by atoms with Gasteiger partial charge in [0.05, 0.1) is 27.6 Å². The lowest BCUT2D eigenvalue weighted by Crippen LogP contribution is -2.53. The Balaban J connectivity index is 1.30. The van der Waals surface area contributed by atoms with Crippen molar-refractivity contribution in [2.75, 3.05) is 32.1 Å². The van der Waals surface area contributed by atoms with E-state index in [4.69, 9.17) is 16.1 Å². The SMILES string of the molecule is C#Cc1c(F)ccc2cc(O)cc(-c3ncc4c(NCC5(N(C)C(=O)C=C)CCCC5)nc(OC[C@]5(C)C[C@@H](F)CN5C5CCC(C)(O)CC5)nc4c3F)c12. The fourth-order valence-corrected chi connectivity index (χ4v) is 9.04. The van der Waals surface area contributed by atoms with E-state index in [-0.39, 0.29) is 88.8 Å². The molecular formula is C42H47F3N6O4. The number of aromatic nitrogens is 3. The van der Waals surface area contributed by atoms with E-state index < -0.39 is 34.5 Å². The molecule has 1 amide bonds. The van der Waals surface area contributed by atoms with E-state index in [1.165, 1.54) is 36.5 Å². The van der Waals surface area contributed by atoms with Crippen LogP contribution in [0.5, 0.6) is 11.8 Å². The fraction of sp³-hybridized carbons (Fsp3) is 0.476. The van der Waals surface area contributed by atoms with Crippen LogP contribution < -0.4 is 10.1 Å². The number of halogens is 3. The smallest absolute Gasteiger partial charge is 0.319 e. The number of fused-ring (bicyclic) bond motifs is 2. The molecule has 3 N–H and O–H groups in total. The van der Waals surface area contributed by atoms with Crippen molar-refractivity contribution < 1.29 is 32.9 Å². The highest BCUT2D eigenvalue weighted by atomic mass is 19.1. The maximum Gasteiger partial charge on any atom is 0.319 e. The Kier molecular flexibility index (Phi) is 10.2. The molecule has 3 fully saturated rings. The first-order valence-corrected chi connectivity index (χ1v) is 18.9. The number of carbonyl (C=O) groups excluding carboxylic acids is 1. The third-order valence-electron chi connectivity index (χ3n) is 12.2. The van der Waals surface area contributed by atoms with Crippen LogP contribution in [0.1, 0.15) is 77.2 Å². The minimum absolute atomic E-state index is 0.00727. The zero-order valence-electron chi connectivity index (χ0n) is 31.5. The van der Waals surface area contributed by atoms with Gasteiger partial charge in [0, 0.05) is 49.7 Å². The molecule has 2 aromatic heterocycles. The summed E-state index contributed by atoms with van der Waals surface area (Å²) in [5.74, 6) is 0.581. The summed E-state index contributed by atoms with van der Waals surface area (Å²) in [6, 6.07) is 5.22. The zero-order chi connectivity index (χ0) is 39.3. The zero-order valence-corrected chi connectivity index (χ0v) is 31.5. The molecule has 3 aliphatic rings. The molecule has 2 aromatic carbocycles. The van der Waals surface area contributed by atoms with Crippen molar-refractivity contribution in [3.63, 3.8) is 0 Å². The lowest BCUT2D eigenvalue weighted by Gasteiger charge is -2.44. The summed E-state index contributed by atoms with van der Waals surface area (Å²) in [4.78, 5) is 30.3. The Morgan fingerprint density at radius 3 is 2.60 bits per heavy atom. The lowest BCUT2D eigenvalue weighted by atomic mass is 9.82. The summed E-state index contributed by atoms with van der Waals surface area (Å²) in [7, 11) is 1.74. The molecule has 55 heavy (non-hydrogen) atoms. The van der Waals surface area contributed by atoms with Gasteiger partial charge in [0.15, 0.2) is 5.82 Å². The van der Waals surface area contributed by atoms with Crippen molar-refractivity contribution in [1.29, 1.82) is 0 Å². The molecule has 0 bridgehead atoms. The highest BCUT2D eigenvalue weighted by Crippen LogP contribution is 2.42. The normalized spacial score (nSPS) is 25.2. The second-order valence-electron chi connectivity index (χ2n) is 16.0. The third kappa shape index (κ3) is 7.18. The van der Waals surface area contributed by atoms with Crippen LogP contribution >= 0.6 is 0 Å². The van der Waals surface area contributed by atoms with E-state index >= 15 is 8.78 Å². The molecule has 1 aliphatic heterocycles.